The third-order valence-corrected chi connectivity index (χ3v) is 3.30. The van der Waals surface area contributed by atoms with Crippen LogP contribution in [0.25, 0.3) is 6.08 Å². The number of ketones is 1. The van der Waals surface area contributed by atoms with Crippen molar-refractivity contribution in [3.8, 4) is 5.75 Å². The molecule has 0 aromatic heterocycles. The maximum atomic E-state index is 12.1. The minimum absolute atomic E-state index is 0.183. The van der Waals surface area contributed by atoms with Crippen molar-refractivity contribution in [2.24, 2.45) is 0 Å². The molecular formula is C16H12Cl2O2. The van der Waals surface area contributed by atoms with Crippen LogP contribution in [0.3, 0.4) is 0 Å². The standard InChI is InChI=1S/C16H12Cl2O2/c1-20-16-5-3-2-4-11(16)6-9-15(19)13-8-7-12(17)10-14(13)18/h2-10H,1H3. The predicted octanol–water partition coefficient (Wildman–Crippen LogP) is 4.90. The Morgan fingerprint density at radius 2 is 1.90 bits per heavy atom. The van der Waals surface area contributed by atoms with E-state index in [-0.39, 0.29) is 5.78 Å². The first kappa shape index (κ1) is 14.6. The molecule has 0 fully saturated rings. The first-order valence-corrected chi connectivity index (χ1v) is 6.68. The number of hydrogen-bond donors (Lipinski definition) is 0. The smallest absolute Gasteiger partial charge is 0.187 e. The van der Waals surface area contributed by atoms with E-state index in [2.05, 4.69) is 0 Å². The number of hydrogen-bond acceptors (Lipinski definition) is 2. The molecule has 0 radical (unpaired) electrons. The van der Waals surface area contributed by atoms with Crippen molar-refractivity contribution >= 4 is 35.1 Å². The lowest BCUT2D eigenvalue weighted by atomic mass is 10.1. The molecule has 0 bridgehead atoms. The van der Waals surface area contributed by atoms with Crippen LogP contribution in [0.4, 0.5) is 0 Å². The van der Waals surface area contributed by atoms with Crippen LogP contribution >= 0.6 is 23.2 Å². The lowest BCUT2D eigenvalue weighted by molar-refractivity contribution is 0.104. The molecule has 2 nitrogen and oxygen atoms in total. The van der Waals surface area contributed by atoms with Gasteiger partial charge in [-0.3, -0.25) is 4.79 Å². The van der Waals surface area contributed by atoms with Gasteiger partial charge >= 0.3 is 0 Å². The maximum Gasteiger partial charge on any atom is 0.187 e. The lowest BCUT2D eigenvalue weighted by Gasteiger charge is -2.03. The Morgan fingerprint density at radius 3 is 2.60 bits per heavy atom. The molecule has 0 aliphatic carbocycles. The van der Waals surface area contributed by atoms with Gasteiger partial charge in [0, 0.05) is 16.1 Å². The maximum absolute atomic E-state index is 12.1. The van der Waals surface area contributed by atoms with Crippen LogP contribution in [-0.4, -0.2) is 12.9 Å². The predicted molar refractivity (Wildman–Crippen MR) is 82.8 cm³/mol. The molecule has 0 aliphatic heterocycles. The summed E-state index contributed by atoms with van der Waals surface area (Å²) in [7, 11) is 1.59. The Morgan fingerprint density at radius 1 is 1.15 bits per heavy atom. The van der Waals surface area contributed by atoms with Gasteiger partial charge < -0.3 is 4.74 Å². The van der Waals surface area contributed by atoms with Crippen molar-refractivity contribution in [3.05, 3.63) is 69.7 Å². The summed E-state index contributed by atoms with van der Waals surface area (Å²) in [5.74, 6) is 0.524. The number of para-hydroxylation sites is 1. The zero-order valence-corrected chi connectivity index (χ0v) is 12.3. The van der Waals surface area contributed by atoms with E-state index in [1.807, 2.05) is 24.3 Å². The van der Waals surface area contributed by atoms with Crippen molar-refractivity contribution in [3.63, 3.8) is 0 Å². The van der Waals surface area contributed by atoms with Gasteiger partial charge in [-0.05, 0) is 36.4 Å². The molecule has 0 unspecified atom stereocenters. The van der Waals surface area contributed by atoms with Gasteiger partial charge in [0.15, 0.2) is 5.78 Å². The lowest BCUT2D eigenvalue weighted by Crippen LogP contribution is -1.95. The minimum Gasteiger partial charge on any atom is -0.496 e. The highest BCUT2D eigenvalue weighted by Crippen LogP contribution is 2.23. The number of ether oxygens (including phenoxy) is 1. The van der Waals surface area contributed by atoms with Crippen molar-refractivity contribution in [2.75, 3.05) is 7.11 Å². The zero-order chi connectivity index (χ0) is 14.5. The number of carbonyl (C=O) groups excluding carboxylic acids is 1. The molecular weight excluding hydrogens is 295 g/mol. The fourth-order valence-corrected chi connectivity index (χ4v) is 2.25. The Labute approximate surface area is 127 Å². The van der Waals surface area contributed by atoms with Crippen LogP contribution in [0.15, 0.2) is 48.5 Å². The summed E-state index contributed by atoms with van der Waals surface area (Å²) in [5, 5.41) is 0.840. The van der Waals surface area contributed by atoms with E-state index in [0.717, 1.165) is 5.56 Å². The second-order valence-corrected chi connectivity index (χ2v) is 4.91. The molecule has 0 spiro atoms. The van der Waals surface area contributed by atoms with E-state index in [4.69, 9.17) is 27.9 Å². The highest BCUT2D eigenvalue weighted by Gasteiger charge is 2.08. The van der Waals surface area contributed by atoms with Crippen LogP contribution in [0, 0.1) is 0 Å². The fraction of sp³-hybridized carbons (Fsp3) is 0.0625. The summed E-state index contributed by atoms with van der Waals surface area (Å²) >= 11 is 11.8. The summed E-state index contributed by atoms with van der Waals surface area (Å²) in [6.45, 7) is 0. The van der Waals surface area contributed by atoms with Crippen molar-refractivity contribution < 1.29 is 9.53 Å². The topological polar surface area (TPSA) is 26.3 Å². The number of halogens is 2. The van der Waals surface area contributed by atoms with E-state index in [1.54, 1.807) is 31.4 Å². The average molecular weight is 307 g/mol. The van der Waals surface area contributed by atoms with Gasteiger partial charge in [0.2, 0.25) is 0 Å². The number of benzene rings is 2. The van der Waals surface area contributed by atoms with Gasteiger partial charge in [-0.2, -0.15) is 0 Å². The Bertz CT molecular complexity index is 663. The van der Waals surface area contributed by atoms with Crippen LogP contribution in [0.5, 0.6) is 5.75 Å². The highest BCUT2D eigenvalue weighted by molar-refractivity contribution is 6.37. The molecule has 0 saturated carbocycles. The first-order valence-electron chi connectivity index (χ1n) is 5.92. The number of rotatable bonds is 4. The monoisotopic (exact) mass is 306 g/mol. The van der Waals surface area contributed by atoms with E-state index in [0.29, 0.717) is 21.4 Å². The second kappa shape index (κ2) is 6.60. The van der Waals surface area contributed by atoms with Crippen LogP contribution in [0.1, 0.15) is 15.9 Å². The normalized spacial score (nSPS) is 10.8. The molecule has 0 N–H and O–H groups in total. The third kappa shape index (κ3) is 3.41. The van der Waals surface area contributed by atoms with Crippen LogP contribution in [0.2, 0.25) is 10.0 Å². The zero-order valence-electron chi connectivity index (χ0n) is 10.8. The van der Waals surface area contributed by atoms with E-state index in [9.17, 15) is 4.79 Å². The molecule has 0 amide bonds. The first-order chi connectivity index (χ1) is 9.61. The van der Waals surface area contributed by atoms with Gasteiger partial charge in [-0.15, -0.1) is 0 Å². The Balaban J connectivity index is 2.25. The van der Waals surface area contributed by atoms with Gasteiger partial charge in [0.05, 0.1) is 12.1 Å². The molecule has 4 heteroatoms. The summed E-state index contributed by atoms with van der Waals surface area (Å²) in [6, 6.07) is 12.2. The van der Waals surface area contributed by atoms with E-state index >= 15 is 0 Å². The summed E-state index contributed by atoms with van der Waals surface area (Å²) in [6.07, 6.45) is 3.17. The third-order valence-electron chi connectivity index (χ3n) is 2.75. The van der Waals surface area contributed by atoms with Crippen molar-refractivity contribution in [2.45, 2.75) is 0 Å². The van der Waals surface area contributed by atoms with E-state index < -0.39 is 0 Å². The number of methoxy groups -OCH3 is 1. The molecule has 102 valence electrons. The van der Waals surface area contributed by atoms with Gasteiger partial charge in [-0.1, -0.05) is 41.4 Å². The highest BCUT2D eigenvalue weighted by atomic mass is 35.5. The average Bonchev–Trinajstić information content (AvgIpc) is 2.45. The molecule has 0 heterocycles. The van der Waals surface area contributed by atoms with Gasteiger partial charge in [-0.25, -0.2) is 0 Å². The molecule has 0 atom stereocenters. The van der Waals surface area contributed by atoms with Crippen LogP contribution < -0.4 is 4.74 Å². The van der Waals surface area contributed by atoms with E-state index in [1.165, 1.54) is 6.08 Å². The number of allylic oxidation sites excluding steroid dienone is 1. The quantitative estimate of drug-likeness (QED) is 0.593. The molecule has 0 saturated heterocycles. The van der Waals surface area contributed by atoms with Crippen molar-refractivity contribution in [1.29, 1.82) is 0 Å². The van der Waals surface area contributed by atoms with Gasteiger partial charge in [0.1, 0.15) is 5.75 Å². The summed E-state index contributed by atoms with van der Waals surface area (Å²) in [4.78, 5) is 12.1. The molecule has 0 aliphatic rings. The Kier molecular flexibility index (Phi) is 4.83. The SMILES string of the molecule is COc1ccccc1C=CC(=O)c1ccc(Cl)cc1Cl. The minimum atomic E-state index is -0.183. The molecule has 2 rings (SSSR count). The molecule has 2 aromatic rings. The Hall–Kier alpha value is -1.77. The van der Waals surface area contributed by atoms with Crippen LogP contribution in [-0.2, 0) is 0 Å². The molecule has 20 heavy (non-hydrogen) atoms. The van der Waals surface area contributed by atoms with Crippen molar-refractivity contribution in [1.82, 2.24) is 0 Å². The molecule has 2 aromatic carbocycles. The fourth-order valence-electron chi connectivity index (χ4n) is 1.75. The van der Waals surface area contributed by atoms with Gasteiger partial charge in [0.25, 0.3) is 0 Å². The summed E-state index contributed by atoms with van der Waals surface area (Å²) in [5.41, 5.74) is 1.25. The largest absolute Gasteiger partial charge is 0.496 e. The second-order valence-electron chi connectivity index (χ2n) is 4.06. The number of carbonyl (C=O) groups is 1. The summed E-state index contributed by atoms with van der Waals surface area (Å²) < 4.78 is 5.22.